The van der Waals surface area contributed by atoms with Crippen molar-refractivity contribution in [1.29, 1.82) is 0 Å². The molecule has 26 heavy (non-hydrogen) atoms. The van der Waals surface area contributed by atoms with Crippen LogP contribution in [0.25, 0.3) is 0 Å². The zero-order valence-electron chi connectivity index (χ0n) is 16.4. The van der Waals surface area contributed by atoms with Gasteiger partial charge in [-0.1, -0.05) is 30.3 Å². The Morgan fingerprint density at radius 3 is 2.46 bits per heavy atom. The minimum atomic E-state index is -0.433. The van der Waals surface area contributed by atoms with Crippen molar-refractivity contribution in [2.45, 2.75) is 64.3 Å². The zero-order chi connectivity index (χ0) is 18.6. The maximum atomic E-state index is 12.0. The largest absolute Gasteiger partial charge is 0.444 e. The lowest BCUT2D eigenvalue weighted by Crippen LogP contribution is -2.49. The quantitative estimate of drug-likeness (QED) is 0.896. The lowest BCUT2D eigenvalue weighted by Gasteiger charge is -2.38. The summed E-state index contributed by atoms with van der Waals surface area (Å²) in [6.45, 7) is 11.2. The van der Waals surface area contributed by atoms with Crippen LogP contribution in [0.5, 0.6) is 0 Å². The molecule has 0 radical (unpaired) electrons. The maximum absolute atomic E-state index is 12.0. The van der Waals surface area contributed by atoms with Gasteiger partial charge in [-0.05, 0) is 45.6 Å². The SMILES string of the molecule is CC(C)(C)OC(=O)N[C@@H]1CC[C@H](N2CCN(Cc3ccccc3)CC2)C1. The predicted octanol–water partition coefficient (Wildman–Crippen LogP) is 3.25. The summed E-state index contributed by atoms with van der Waals surface area (Å²) < 4.78 is 5.38. The van der Waals surface area contributed by atoms with Gasteiger partial charge >= 0.3 is 6.09 Å². The van der Waals surface area contributed by atoms with Crippen LogP contribution in [0, 0.1) is 0 Å². The van der Waals surface area contributed by atoms with E-state index in [0.717, 1.165) is 45.6 Å². The predicted molar refractivity (Wildman–Crippen MR) is 104 cm³/mol. The maximum Gasteiger partial charge on any atom is 0.407 e. The molecule has 1 aromatic carbocycles. The number of amides is 1. The molecule has 1 saturated heterocycles. The fourth-order valence-corrected chi connectivity index (χ4v) is 4.02. The van der Waals surface area contributed by atoms with Crippen LogP contribution in [-0.2, 0) is 11.3 Å². The van der Waals surface area contributed by atoms with Gasteiger partial charge in [0.15, 0.2) is 0 Å². The molecule has 1 heterocycles. The Kier molecular flexibility index (Phi) is 6.20. The first kappa shape index (κ1) is 19.2. The molecule has 1 aromatic rings. The van der Waals surface area contributed by atoms with Crippen molar-refractivity contribution in [1.82, 2.24) is 15.1 Å². The zero-order valence-corrected chi connectivity index (χ0v) is 16.4. The third kappa shape index (κ3) is 5.71. The number of nitrogens with zero attached hydrogens (tertiary/aromatic N) is 2. The molecule has 2 atom stereocenters. The van der Waals surface area contributed by atoms with Crippen molar-refractivity contribution in [3.8, 4) is 0 Å². The average molecular weight is 360 g/mol. The van der Waals surface area contributed by atoms with Crippen LogP contribution in [0.15, 0.2) is 30.3 Å². The van der Waals surface area contributed by atoms with Crippen LogP contribution in [0.1, 0.15) is 45.6 Å². The summed E-state index contributed by atoms with van der Waals surface area (Å²) in [4.78, 5) is 17.1. The van der Waals surface area contributed by atoms with Gasteiger partial charge in [-0.3, -0.25) is 9.80 Å². The van der Waals surface area contributed by atoms with Gasteiger partial charge in [0.2, 0.25) is 0 Å². The number of carbonyl (C=O) groups is 1. The number of hydrogen-bond donors (Lipinski definition) is 1. The van der Waals surface area contributed by atoms with Crippen LogP contribution >= 0.6 is 0 Å². The summed E-state index contributed by atoms with van der Waals surface area (Å²) in [5, 5.41) is 3.05. The molecule has 144 valence electrons. The van der Waals surface area contributed by atoms with Gasteiger partial charge in [0.1, 0.15) is 5.60 Å². The molecule has 0 aromatic heterocycles. The Labute approximate surface area is 157 Å². The molecule has 0 spiro atoms. The summed E-state index contributed by atoms with van der Waals surface area (Å²) in [6, 6.07) is 11.5. The smallest absolute Gasteiger partial charge is 0.407 e. The standard InChI is InChI=1S/C21H33N3O2/c1-21(2,3)26-20(25)22-18-9-10-19(15-18)24-13-11-23(12-14-24)16-17-7-5-4-6-8-17/h4-8,18-19H,9-16H2,1-3H3,(H,22,25)/t18-,19+/m1/s1. The van der Waals surface area contributed by atoms with E-state index >= 15 is 0 Å². The van der Waals surface area contributed by atoms with E-state index in [1.54, 1.807) is 0 Å². The summed E-state index contributed by atoms with van der Waals surface area (Å²) in [5.74, 6) is 0. The van der Waals surface area contributed by atoms with Gasteiger partial charge in [-0.25, -0.2) is 4.79 Å². The van der Waals surface area contributed by atoms with Gasteiger partial charge in [-0.15, -0.1) is 0 Å². The molecule has 3 rings (SSSR count). The average Bonchev–Trinajstić information content (AvgIpc) is 3.03. The number of carbonyl (C=O) groups excluding carboxylic acids is 1. The van der Waals surface area contributed by atoms with Gasteiger partial charge in [0.05, 0.1) is 0 Å². The second kappa shape index (κ2) is 8.40. The first-order valence-corrected chi connectivity index (χ1v) is 9.89. The molecule has 1 N–H and O–H groups in total. The molecule has 0 bridgehead atoms. The van der Waals surface area contributed by atoms with Crippen molar-refractivity contribution in [3.05, 3.63) is 35.9 Å². The Hall–Kier alpha value is -1.59. The molecule has 2 aliphatic rings. The minimum Gasteiger partial charge on any atom is -0.444 e. The first-order chi connectivity index (χ1) is 12.4. The number of benzene rings is 1. The molecule has 1 amide bonds. The fraction of sp³-hybridized carbons (Fsp3) is 0.667. The third-order valence-electron chi connectivity index (χ3n) is 5.30. The lowest BCUT2D eigenvalue weighted by molar-refractivity contribution is 0.0500. The third-order valence-corrected chi connectivity index (χ3v) is 5.30. The molecule has 1 saturated carbocycles. The number of rotatable bonds is 4. The second-order valence-electron chi connectivity index (χ2n) is 8.61. The summed E-state index contributed by atoms with van der Waals surface area (Å²) in [7, 11) is 0. The van der Waals surface area contributed by atoms with Gasteiger partial charge in [-0.2, -0.15) is 0 Å². The highest BCUT2D eigenvalue weighted by atomic mass is 16.6. The van der Waals surface area contributed by atoms with Crippen molar-refractivity contribution in [3.63, 3.8) is 0 Å². The molecule has 5 nitrogen and oxygen atoms in total. The number of piperazine rings is 1. The number of ether oxygens (including phenoxy) is 1. The Morgan fingerprint density at radius 2 is 1.81 bits per heavy atom. The topological polar surface area (TPSA) is 44.8 Å². The second-order valence-corrected chi connectivity index (χ2v) is 8.61. The van der Waals surface area contributed by atoms with E-state index < -0.39 is 5.60 Å². The van der Waals surface area contributed by atoms with E-state index in [4.69, 9.17) is 4.74 Å². The molecule has 1 aliphatic carbocycles. The number of alkyl carbamates (subject to hydrolysis) is 1. The minimum absolute atomic E-state index is 0.247. The Morgan fingerprint density at radius 1 is 1.12 bits per heavy atom. The normalized spacial score (nSPS) is 25.2. The van der Waals surface area contributed by atoms with E-state index in [2.05, 4.69) is 45.4 Å². The number of hydrogen-bond acceptors (Lipinski definition) is 4. The lowest BCUT2D eigenvalue weighted by atomic mass is 10.1. The van der Waals surface area contributed by atoms with Crippen molar-refractivity contribution < 1.29 is 9.53 Å². The van der Waals surface area contributed by atoms with Crippen molar-refractivity contribution in [2.75, 3.05) is 26.2 Å². The highest BCUT2D eigenvalue weighted by Crippen LogP contribution is 2.26. The van der Waals surface area contributed by atoms with Crippen LogP contribution in [-0.4, -0.2) is 59.8 Å². The highest BCUT2D eigenvalue weighted by molar-refractivity contribution is 5.68. The van der Waals surface area contributed by atoms with E-state index in [1.165, 1.54) is 12.0 Å². The van der Waals surface area contributed by atoms with E-state index in [9.17, 15) is 4.79 Å². The number of nitrogens with one attached hydrogen (secondary N) is 1. The fourth-order valence-electron chi connectivity index (χ4n) is 4.02. The molecular weight excluding hydrogens is 326 g/mol. The summed E-state index contributed by atoms with van der Waals surface area (Å²) >= 11 is 0. The van der Waals surface area contributed by atoms with Crippen LogP contribution in [0.4, 0.5) is 4.79 Å². The van der Waals surface area contributed by atoms with E-state index in [-0.39, 0.29) is 12.1 Å². The molecular formula is C21H33N3O2. The molecule has 1 aliphatic heterocycles. The van der Waals surface area contributed by atoms with E-state index in [1.807, 2.05) is 20.8 Å². The molecule has 2 fully saturated rings. The Balaban J connectivity index is 1.39. The Bertz CT molecular complexity index is 577. The summed E-state index contributed by atoms with van der Waals surface area (Å²) in [6.07, 6.45) is 2.97. The van der Waals surface area contributed by atoms with Gasteiger partial charge < -0.3 is 10.1 Å². The van der Waals surface area contributed by atoms with Gasteiger partial charge in [0, 0.05) is 44.8 Å². The van der Waals surface area contributed by atoms with Crippen LogP contribution in [0.2, 0.25) is 0 Å². The van der Waals surface area contributed by atoms with E-state index in [0.29, 0.717) is 6.04 Å². The molecule has 5 heteroatoms. The summed E-state index contributed by atoms with van der Waals surface area (Å²) in [5.41, 5.74) is 0.959. The van der Waals surface area contributed by atoms with Crippen molar-refractivity contribution >= 4 is 6.09 Å². The van der Waals surface area contributed by atoms with Gasteiger partial charge in [0.25, 0.3) is 0 Å². The monoisotopic (exact) mass is 359 g/mol. The van der Waals surface area contributed by atoms with Crippen LogP contribution in [0.3, 0.4) is 0 Å². The van der Waals surface area contributed by atoms with Crippen LogP contribution < -0.4 is 5.32 Å². The highest BCUT2D eigenvalue weighted by Gasteiger charge is 2.32. The molecule has 0 unspecified atom stereocenters. The van der Waals surface area contributed by atoms with Crippen molar-refractivity contribution in [2.24, 2.45) is 0 Å². The first-order valence-electron chi connectivity index (χ1n) is 9.89.